The molecule has 2 amide bonds. The number of aromatic nitrogens is 1. The summed E-state index contributed by atoms with van der Waals surface area (Å²) in [6.45, 7) is 1.39. The van der Waals surface area contributed by atoms with E-state index in [4.69, 9.17) is 4.74 Å². The molecule has 0 aliphatic carbocycles. The number of carbonyl (C=O) groups is 3. The topological polar surface area (TPSA) is 85.7 Å². The van der Waals surface area contributed by atoms with Crippen molar-refractivity contribution in [3.8, 4) is 0 Å². The number of thioether (sulfide) groups is 1. The Morgan fingerprint density at radius 3 is 2.50 bits per heavy atom. The molecule has 1 saturated heterocycles. The lowest BCUT2D eigenvalue weighted by Crippen LogP contribution is -2.32. The summed E-state index contributed by atoms with van der Waals surface area (Å²) in [6.07, 6.45) is -4.66. The van der Waals surface area contributed by atoms with Gasteiger partial charge in [0.15, 0.2) is 0 Å². The molecule has 3 heterocycles. The number of benzene rings is 2. The molecular formula is C25H18BrF3N2O5S2. The summed E-state index contributed by atoms with van der Waals surface area (Å²) in [6, 6.07) is 11.1. The van der Waals surface area contributed by atoms with Crippen molar-refractivity contribution in [3.63, 3.8) is 0 Å². The fourth-order valence-corrected chi connectivity index (χ4v) is 7.92. The molecule has 2 aliphatic heterocycles. The van der Waals surface area contributed by atoms with Crippen LogP contribution in [0, 0.1) is 5.92 Å². The summed E-state index contributed by atoms with van der Waals surface area (Å²) in [4.78, 5) is 53.5. The average molecular weight is 627 g/mol. The number of thiazole rings is 1. The standard InChI is InChI=1S/C25H18BrF3N2O5S2/c1-2-36-16(32)11-30-23-20(38-24(30)35)17(12-5-3-7-14(26)9-12)18-19(37-23)22(34)31(21(18)33)15-8-4-6-13(10-15)25(27,28)29/h3-10,17-19H,2,11H2,1H3/t17-,18?,19?/m1/s1. The van der Waals surface area contributed by atoms with E-state index in [1.54, 1.807) is 31.2 Å². The zero-order valence-corrected chi connectivity index (χ0v) is 22.7. The van der Waals surface area contributed by atoms with Gasteiger partial charge in [-0.3, -0.25) is 23.7 Å². The van der Waals surface area contributed by atoms with Gasteiger partial charge in [0.25, 0.3) is 0 Å². The maximum atomic E-state index is 13.8. The number of nitrogens with zero attached hydrogens (tertiary/aromatic N) is 2. The summed E-state index contributed by atoms with van der Waals surface area (Å²) in [5, 5.41) is -0.651. The molecule has 0 radical (unpaired) electrons. The Morgan fingerprint density at radius 2 is 1.82 bits per heavy atom. The van der Waals surface area contributed by atoms with Gasteiger partial charge in [-0.2, -0.15) is 13.2 Å². The molecule has 2 aliphatic rings. The lowest BCUT2D eigenvalue weighted by molar-refractivity contribution is -0.144. The number of halogens is 4. The molecule has 3 aromatic rings. The van der Waals surface area contributed by atoms with Crippen LogP contribution in [0.25, 0.3) is 0 Å². The number of anilines is 1. The Labute approximate surface area is 230 Å². The van der Waals surface area contributed by atoms with Crippen LogP contribution in [-0.4, -0.2) is 34.2 Å². The fraction of sp³-hybridized carbons (Fsp3) is 0.280. The SMILES string of the molecule is CCOC(=O)Cn1c2c(sc1=O)[C@H](c1cccc(Br)c1)C1C(=O)N(c3cccc(C(F)(F)F)c3)C(=O)C1S2. The number of alkyl halides is 3. The number of hydrogen-bond acceptors (Lipinski definition) is 7. The molecule has 5 rings (SSSR count). The Morgan fingerprint density at radius 1 is 1.08 bits per heavy atom. The van der Waals surface area contributed by atoms with Crippen LogP contribution in [0.5, 0.6) is 0 Å². The fourth-order valence-electron chi connectivity index (χ4n) is 4.73. The van der Waals surface area contributed by atoms with E-state index in [9.17, 15) is 32.3 Å². The van der Waals surface area contributed by atoms with E-state index in [1.807, 2.05) is 0 Å². The van der Waals surface area contributed by atoms with Crippen LogP contribution in [0.15, 0.2) is 62.8 Å². The molecule has 0 bridgehead atoms. The number of carbonyl (C=O) groups excluding carboxylic acids is 3. The van der Waals surface area contributed by atoms with Gasteiger partial charge in [-0.1, -0.05) is 57.2 Å². The van der Waals surface area contributed by atoms with Gasteiger partial charge >= 0.3 is 17.0 Å². The number of imide groups is 1. The second-order valence-electron chi connectivity index (χ2n) is 8.59. The molecule has 2 aromatic carbocycles. The predicted molar refractivity (Wildman–Crippen MR) is 138 cm³/mol. The van der Waals surface area contributed by atoms with Crippen LogP contribution < -0.4 is 9.77 Å². The van der Waals surface area contributed by atoms with Crippen molar-refractivity contribution in [2.75, 3.05) is 11.5 Å². The van der Waals surface area contributed by atoms with Crippen molar-refractivity contribution >= 4 is 62.5 Å². The maximum absolute atomic E-state index is 13.8. The highest BCUT2D eigenvalue weighted by atomic mass is 79.9. The Hall–Kier alpha value is -2.90. The Balaban J connectivity index is 1.64. The van der Waals surface area contributed by atoms with Gasteiger partial charge in [0.2, 0.25) is 11.8 Å². The molecular weight excluding hydrogens is 609 g/mol. The molecule has 38 heavy (non-hydrogen) atoms. The minimum atomic E-state index is -4.66. The predicted octanol–water partition coefficient (Wildman–Crippen LogP) is 5.05. The lowest BCUT2D eigenvalue weighted by Gasteiger charge is -2.30. The number of ether oxygens (including phenoxy) is 1. The summed E-state index contributed by atoms with van der Waals surface area (Å²) in [5.41, 5.74) is -0.512. The first-order chi connectivity index (χ1) is 18.0. The summed E-state index contributed by atoms with van der Waals surface area (Å²) in [5.74, 6) is -3.67. The minimum Gasteiger partial charge on any atom is -0.465 e. The van der Waals surface area contributed by atoms with Gasteiger partial charge in [-0.25, -0.2) is 4.90 Å². The second-order valence-corrected chi connectivity index (χ2v) is 11.6. The number of amides is 2. The number of fused-ring (bicyclic) bond motifs is 2. The quantitative estimate of drug-likeness (QED) is 0.291. The third kappa shape index (κ3) is 4.60. The van der Waals surface area contributed by atoms with Crippen LogP contribution in [0.2, 0.25) is 0 Å². The molecule has 2 unspecified atom stereocenters. The van der Waals surface area contributed by atoms with E-state index in [-0.39, 0.29) is 18.8 Å². The highest BCUT2D eigenvalue weighted by Crippen LogP contribution is 2.54. The normalized spacial score (nSPS) is 20.9. The van der Waals surface area contributed by atoms with E-state index < -0.39 is 51.5 Å². The molecule has 0 spiro atoms. The monoisotopic (exact) mass is 626 g/mol. The smallest absolute Gasteiger partial charge is 0.416 e. The third-order valence-electron chi connectivity index (χ3n) is 6.28. The van der Waals surface area contributed by atoms with Gasteiger partial charge in [0, 0.05) is 15.3 Å². The maximum Gasteiger partial charge on any atom is 0.416 e. The highest BCUT2D eigenvalue weighted by molar-refractivity contribution is 9.10. The van der Waals surface area contributed by atoms with Crippen molar-refractivity contribution in [3.05, 3.63) is 78.7 Å². The van der Waals surface area contributed by atoms with Gasteiger partial charge in [0.1, 0.15) is 11.8 Å². The first-order valence-electron chi connectivity index (χ1n) is 11.4. The number of rotatable bonds is 5. The summed E-state index contributed by atoms with van der Waals surface area (Å²) < 4.78 is 47.1. The van der Waals surface area contributed by atoms with Crippen LogP contribution in [0.3, 0.4) is 0 Å². The molecule has 7 nitrogen and oxygen atoms in total. The second kappa shape index (κ2) is 10.0. The average Bonchev–Trinajstić information content (AvgIpc) is 3.30. The summed E-state index contributed by atoms with van der Waals surface area (Å²) in [7, 11) is 0. The van der Waals surface area contributed by atoms with E-state index in [2.05, 4.69) is 15.9 Å². The Kier molecular flexibility index (Phi) is 7.03. The van der Waals surface area contributed by atoms with Gasteiger partial charge in [-0.05, 0) is 42.8 Å². The van der Waals surface area contributed by atoms with Crippen LogP contribution in [-0.2, 0) is 31.8 Å². The molecule has 13 heteroatoms. The zero-order chi connectivity index (χ0) is 27.4. The van der Waals surface area contributed by atoms with Crippen molar-refractivity contribution in [1.82, 2.24) is 4.57 Å². The first-order valence-corrected chi connectivity index (χ1v) is 13.9. The van der Waals surface area contributed by atoms with Gasteiger partial charge in [-0.15, -0.1) is 0 Å². The van der Waals surface area contributed by atoms with E-state index in [0.717, 1.165) is 46.2 Å². The molecule has 0 N–H and O–H groups in total. The molecule has 0 saturated carbocycles. The van der Waals surface area contributed by atoms with Gasteiger partial charge in [0.05, 0.1) is 28.8 Å². The van der Waals surface area contributed by atoms with E-state index in [1.165, 1.54) is 10.6 Å². The zero-order valence-electron chi connectivity index (χ0n) is 19.5. The van der Waals surface area contributed by atoms with Gasteiger partial charge < -0.3 is 4.74 Å². The van der Waals surface area contributed by atoms with E-state index >= 15 is 0 Å². The van der Waals surface area contributed by atoms with Crippen LogP contribution >= 0.6 is 39.0 Å². The molecule has 1 aromatic heterocycles. The number of esters is 1. The largest absolute Gasteiger partial charge is 0.465 e. The lowest BCUT2D eigenvalue weighted by atomic mass is 9.83. The molecule has 198 valence electrons. The van der Waals surface area contributed by atoms with Crippen LogP contribution in [0.4, 0.5) is 18.9 Å². The summed E-state index contributed by atoms with van der Waals surface area (Å²) >= 11 is 5.27. The minimum absolute atomic E-state index is 0.122. The first kappa shape index (κ1) is 26.7. The molecule has 3 atom stereocenters. The van der Waals surface area contributed by atoms with Crippen molar-refractivity contribution < 1.29 is 32.3 Å². The van der Waals surface area contributed by atoms with Crippen molar-refractivity contribution in [2.45, 2.75) is 35.8 Å². The van der Waals surface area contributed by atoms with E-state index in [0.29, 0.717) is 19.9 Å². The third-order valence-corrected chi connectivity index (χ3v) is 9.38. The number of hydrogen-bond donors (Lipinski definition) is 0. The molecule has 1 fully saturated rings. The highest BCUT2D eigenvalue weighted by Gasteiger charge is 2.57. The Bertz CT molecular complexity index is 1520. The van der Waals surface area contributed by atoms with Crippen molar-refractivity contribution in [1.29, 1.82) is 0 Å². The van der Waals surface area contributed by atoms with Crippen molar-refractivity contribution in [2.24, 2.45) is 5.92 Å². The van der Waals surface area contributed by atoms with Crippen LogP contribution in [0.1, 0.15) is 28.8 Å².